The Hall–Kier alpha value is -0.910. The van der Waals surface area contributed by atoms with Crippen LogP contribution in [0.2, 0.25) is 0 Å². The van der Waals surface area contributed by atoms with Crippen LogP contribution in [0.4, 0.5) is 0 Å². The van der Waals surface area contributed by atoms with E-state index in [-0.39, 0.29) is 5.91 Å². The summed E-state index contributed by atoms with van der Waals surface area (Å²) in [6.45, 7) is 5.78. The number of amides is 1. The summed E-state index contributed by atoms with van der Waals surface area (Å²) < 4.78 is 5.75. The van der Waals surface area contributed by atoms with Gasteiger partial charge in [0.15, 0.2) is 0 Å². The number of rotatable bonds is 3. The minimum atomic E-state index is 0.253. The summed E-state index contributed by atoms with van der Waals surface area (Å²) in [5, 5.41) is 0. The number of fused-ring (bicyclic) bond motifs is 1. The normalized spacial score (nSPS) is 25.6. The maximum atomic E-state index is 12.8. The average molecular weight is 334 g/mol. The van der Waals surface area contributed by atoms with Crippen LogP contribution in [0.5, 0.6) is 0 Å². The smallest absolute Gasteiger partial charge is 0.263 e. The van der Waals surface area contributed by atoms with Gasteiger partial charge < -0.3 is 9.64 Å². The molecular formula is C18H26N2O2S. The summed E-state index contributed by atoms with van der Waals surface area (Å²) in [7, 11) is 0. The molecule has 0 bridgehead atoms. The van der Waals surface area contributed by atoms with Crippen molar-refractivity contribution >= 4 is 17.2 Å². The van der Waals surface area contributed by atoms with Gasteiger partial charge in [0.2, 0.25) is 0 Å². The van der Waals surface area contributed by atoms with Gasteiger partial charge in [-0.2, -0.15) is 0 Å². The second kappa shape index (κ2) is 6.91. The summed E-state index contributed by atoms with van der Waals surface area (Å²) in [5.41, 5.74) is 1.42. The van der Waals surface area contributed by atoms with Gasteiger partial charge >= 0.3 is 0 Å². The van der Waals surface area contributed by atoms with E-state index < -0.39 is 0 Å². The molecule has 1 aromatic rings. The van der Waals surface area contributed by atoms with E-state index in [0.717, 1.165) is 57.0 Å². The third-order valence-corrected chi connectivity index (χ3v) is 6.54. The van der Waals surface area contributed by atoms with E-state index in [1.165, 1.54) is 36.1 Å². The molecule has 2 fully saturated rings. The van der Waals surface area contributed by atoms with Gasteiger partial charge in [-0.05, 0) is 56.7 Å². The number of nitrogens with zero attached hydrogens (tertiary/aromatic N) is 2. The van der Waals surface area contributed by atoms with E-state index in [2.05, 4.69) is 15.9 Å². The van der Waals surface area contributed by atoms with E-state index in [4.69, 9.17) is 4.74 Å². The molecule has 4 nitrogen and oxygen atoms in total. The Morgan fingerprint density at radius 3 is 2.96 bits per heavy atom. The largest absolute Gasteiger partial charge is 0.377 e. The predicted octanol–water partition coefficient (Wildman–Crippen LogP) is 2.56. The SMILES string of the molecule is O=C(c1cc2c(s1)CCC2)N1CCCN(C[C@@H]2CCCO2)CC1. The molecule has 2 aliphatic heterocycles. The number of carbonyl (C=O) groups excluding carboxylic acids is 1. The van der Waals surface area contributed by atoms with Crippen molar-refractivity contribution in [3.05, 3.63) is 21.4 Å². The summed E-state index contributed by atoms with van der Waals surface area (Å²) in [5.74, 6) is 0.253. The molecule has 23 heavy (non-hydrogen) atoms. The van der Waals surface area contributed by atoms with E-state index in [1.54, 1.807) is 11.3 Å². The minimum Gasteiger partial charge on any atom is -0.377 e. The highest BCUT2D eigenvalue weighted by Crippen LogP contribution is 2.31. The molecule has 2 saturated heterocycles. The second-order valence-electron chi connectivity index (χ2n) is 6.99. The summed E-state index contributed by atoms with van der Waals surface area (Å²) in [6.07, 6.45) is 7.47. The molecule has 5 heteroatoms. The fraction of sp³-hybridized carbons (Fsp3) is 0.722. The summed E-state index contributed by atoms with van der Waals surface area (Å²) in [4.78, 5) is 19.8. The van der Waals surface area contributed by atoms with E-state index in [1.807, 2.05) is 0 Å². The molecule has 4 rings (SSSR count). The quantitative estimate of drug-likeness (QED) is 0.852. The molecule has 1 aliphatic carbocycles. The Labute approximate surface area is 142 Å². The number of thiophene rings is 1. The Kier molecular flexibility index (Phi) is 4.69. The van der Waals surface area contributed by atoms with Crippen molar-refractivity contribution in [3.8, 4) is 0 Å². The Balaban J connectivity index is 1.35. The summed E-state index contributed by atoms with van der Waals surface area (Å²) >= 11 is 1.73. The van der Waals surface area contributed by atoms with Gasteiger partial charge in [0, 0.05) is 37.7 Å². The van der Waals surface area contributed by atoms with Gasteiger partial charge in [0.1, 0.15) is 0 Å². The lowest BCUT2D eigenvalue weighted by Gasteiger charge is -2.23. The number of ether oxygens (including phenoxy) is 1. The average Bonchev–Trinajstić information content (AvgIpc) is 3.22. The first-order valence-corrected chi connectivity index (χ1v) is 9.86. The molecule has 0 radical (unpaired) electrons. The Bertz CT molecular complexity index is 544. The Morgan fingerprint density at radius 2 is 2.13 bits per heavy atom. The first kappa shape index (κ1) is 15.6. The molecular weight excluding hydrogens is 308 g/mol. The molecule has 0 unspecified atom stereocenters. The second-order valence-corrected chi connectivity index (χ2v) is 8.13. The van der Waals surface area contributed by atoms with E-state index in [0.29, 0.717) is 6.10 Å². The standard InChI is InChI=1S/C18H26N2O2S/c21-18(17-12-14-4-1-6-16(14)23-17)20-8-3-7-19(9-10-20)13-15-5-2-11-22-15/h12,15H,1-11,13H2/t15-/m0/s1. The van der Waals surface area contributed by atoms with Crippen LogP contribution < -0.4 is 0 Å². The van der Waals surface area contributed by atoms with Gasteiger partial charge in [-0.1, -0.05) is 0 Å². The van der Waals surface area contributed by atoms with Crippen LogP contribution in [0.3, 0.4) is 0 Å². The molecule has 1 amide bonds. The number of hydrogen-bond donors (Lipinski definition) is 0. The van der Waals surface area contributed by atoms with E-state index >= 15 is 0 Å². The zero-order valence-corrected chi connectivity index (χ0v) is 14.6. The van der Waals surface area contributed by atoms with Gasteiger partial charge in [0.25, 0.3) is 5.91 Å². The predicted molar refractivity (Wildman–Crippen MR) is 92.3 cm³/mol. The highest BCUT2D eigenvalue weighted by molar-refractivity contribution is 7.14. The molecule has 3 aliphatic rings. The first-order valence-electron chi connectivity index (χ1n) is 9.04. The maximum Gasteiger partial charge on any atom is 0.263 e. The molecule has 0 N–H and O–H groups in total. The molecule has 126 valence electrons. The fourth-order valence-electron chi connectivity index (χ4n) is 4.02. The van der Waals surface area contributed by atoms with Crippen LogP contribution in [0.15, 0.2) is 6.07 Å². The van der Waals surface area contributed by atoms with Crippen LogP contribution in [-0.4, -0.2) is 61.1 Å². The third-order valence-electron chi connectivity index (χ3n) is 5.32. The minimum absolute atomic E-state index is 0.253. The number of carbonyl (C=O) groups is 1. The molecule has 0 aromatic carbocycles. The molecule has 1 atom stereocenters. The van der Waals surface area contributed by atoms with Gasteiger partial charge in [0.05, 0.1) is 11.0 Å². The van der Waals surface area contributed by atoms with Crippen molar-refractivity contribution < 1.29 is 9.53 Å². The highest BCUT2D eigenvalue weighted by Gasteiger charge is 2.26. The van der Waals surface area contributed by atoms with E-state index in [9.17, 15) is 4.79 Å². The van der Waals surface area contributed by atoms with Crippen molar-refractivity contribution in [1.29, 1.82) is 0 Å². The Morgan fingerprint density at radius 1 is 1.17 bits per heavy atom. The zero-order chi connectivity index (χ0) is 15.6. The lowest BCUT2D eigenvalue weighted by atomic mass is 10.2. The van der Waals surface area contributed by atoms with Crippen LogP contribution in [0.1, 0.15) is 45.8 Å². The molecule has 1 aromatic heterocycles. The monoisotopic (exact) mass is 334 g/mol. The third kappa shape index (κ3) is 3.47. The molecule has 3 heterocycles. The van der Waals surface area contributed by atoms with Gasteiger partial charge in [-0.25, -0.2) is 0 Å². The van der Waals surface area contributed by atoms with Crippen LogP contribution in [0, 0.1) is 0 Å². The fourth-order valence-corrected chi connectivity index (χ4v) is 5.24. The highest BCUT2D eigenvalue weighted by atomic mass is 32.1. The van der Waals surface area contributed by atoms with Crippen molar-refractivity contribution in [2.45, 2.75) is 44.6 Å². The van der Waals surface area contributed by atoms with Crippen LogP contribution in [-0.2, 0) is 17.6 Å². The summed E-state index contributed by atoms with van der Waals surface area (Å²) in [6, 6.07) is 2.16. The molecule has 0 spiro atoms. The van der Waals surface area contributed by atoms with Crippen molar-refractivity contribution in [1.82, 2.24) is 9.80 Å². The van der Waals surface area contributed by atoms with Gasteiger partial charge in [-0.3, -0.25) is 9.69 Å². The first-order chi connectivity index (χ1) is 11.3. The van der Waals surface area contributed by atoms with Crippen molar-refractivity contribution in [3.63, 3.8) is 0 Å². The zero-order valence-electron chi connectivity index (χ0n) is 13.8. The van der Waals surface area contributed by atoms with Crippen LogP contribution in [0.25, 0.3) is 0 Å². The van der Waals surface area contributed by atoms with Crippen LogP contribution >= 0.6 is 11.3 Å². The van der Waals surface area contributed by atoms with Gasteiger partial charge in [-0.15, -0.1) is 11.3 Å². The number of hydrogen-bond acceptors (Lipinski definition) is 4. The maximum absolute atomic E-state index is 12.8. The molecule has 0 saturated carbocycles. The van der Waals surface area contributed by atoms with Crippen molar-refractivity contribution in [2.75, 3.05) is 39.3 Å². The van der Waals surface area contributed by atoms with Crippen molar-refractivity contribution in [2.24, 2.45) is 0 Å². The topological polar surface area (TPSA) is 32.8 Å². The number of aryl methyl sites for hydroxylation is 2. The lowest BCUT2D eigenvalue weighted by Crippen LogP contribution is -2.37. The lowest BCUT2D eigenvalue weighted by molar-refractivity contribution is 0.0706.